The van der Waals surface area contributed by atoms with E-state index in [2.05, 4.69) is 0 Å². The maximum absolute atomic E-state index is 13.0. The molecule has 1 fully saturated rings. The second-order valence-electron chi connectivity index (χ2n) is 6.13. The lowest BCUT2D eigenvalue weighted by Crippen LogP contribution is -2.39. The number of benzene rings is 2. The largest absolute Gasteiger partial charge is 0.329 e. The summed E-state index contributed by atoms with van der Waals surface area (Å²) in [5, 5.41) is -0.179. The summed E-state index contributed by atoms with van der Waals surface area (Å²) in [6.07, 6.45) is 0. The number of aryl methyl sites for hydroxylation is 1. The van der Waals surface area contributed by atoms with Crippen LogP contribution in [0.2, 0.25) is 5.02 Å². The Labute approximate surface area is 141 Å². The number of hydrogen-bond acceptors (Lipinski definition) is 4. The van der Waals surface area contributed by atoms with E-state index < -0.39 is 20.6 Å². The van der Waals surface area contributed by atoms with E-state index in [4.69, 9.17) is 23.1 Å². The minimum absolute atomic E-state index is 0.0972. The Balaban J connectivity index is 2.03. The van der Waals surface area contributed by atoms with Gasteiger partial charge in [-0.15, -0.1) is 0 Å². The zero-order valence-electron chi connectivity index (χ0n) is 12.7. The van der Waals surface area contributed by atoms with E-state index in [1.165, 1.54) is 0 Å². The molecule has 0 aromatic heterocycles. The molecular formula is C17H19ClN2O2S. The summed E-state index contributed by atoms with van der Waals surface area (Å²) in [6.45, 7) is 2.01. The smallest absolute Gasteiger partial charge is 0.183 e. The average molecular weight is 351 g/mol. The van der Waals surface area contributed by atoms with Gasteiger partial charge in [-0.1, -0.05) is 41.4 Å². The molecule has 6 heteroatoms. The Hall–Kier alpha value is -1.40. The van der Waals surface area contributed by atoms with E-state index in [-0.39, 0.29) is 17.4 Å². The summed E-state index contributed by atoms with van der Waals surface area (Å²) in [5.41, 5.74) is 13.0. The van der Waals surface area contributed by atoms with Crippen molar-refractivity contribution in [3.8, 4) is 0 Å². The molecule has 23 heavy (non-hydrogen) atoms. The zero-order chi connectivity index (χ0) is 16.8. The summed E-state index contributed by atoms with van der Waals surface area (Å²) in [5.74, 6) is -0.350. The third-order valence-electron chi connectivity index (χ3n) is 4.55. The van der Waals surface area contributed by atoms with Gasteiger partial charge in [-0.05, 0) is 36.8 Å². The van der Waals surface area contributed by atoms with Gasteiger partial charge in [0, 0.05) is 17.5 Å². The van der Waals surface area contributed by atoms with E-state index in [1.54, 1.807) is 42.5 Å². The van der Waals surface area contributed by atoms with Crippen LogP contribution >= 0.6 is 11.6 Å². The number of halogens is 1. The van der Waals surface area contributed by atoms with Crippen molar-refractivity contribution < 1.29 is 8.42 Å². The molecule has 1 saturated carbocycles. The molecule has 2 aromatic rings. The van der Waals surface area contributed by atoms with Gasteiger partial charge < -0.3 is 11.5 Å². The molecule has 4 nitrogen and oxygen atoms in total. The van der Waals surface area contributed by atoms with Crippen molar-refractivity contribution in [1.82, 2.24) is 0 Å². The molecule has 0 radical (unpaired) electrons. The first-order valence-corrected chi connectivity index (χ1v) is 9.28. The highest BCUT2D eigenvalue weighted by Gasteiger charge is 2.68. The van der Waals surface area contributed by atoms with E-state index in [1.807, 2.05) is 13.0 Å². The quantitative estimate of drug-likeness (QED) is 0.885. The van der Waals surface area contributed by atoms with Gasteiger partial charge in [0.25, 0.3) is 0 Å². The van der Waals surface area contributed by atoms with Crippen LogP contribution in [0.1, 0.15) is 17.0 Å². The Bertz CT molecular complexity index is 836. The van der Waals surface area contributed by atoms with Crippen LogP contribution in [0.25, 0.3) is 0 Å². The lowest BCUT2D eigenvalue weighted by Gasteiger charge is -2.09. The molecule has 0 spiro atoms. The predicted octanol–water partition coefficient (Wildman–Crippen LogP) is 2.24. The normalized spacial score (nSPS) is 27.0. The number of rotatable bonds is 4. The molecule has 1 aliphatic rings. The molecule has 0 unspecified atom stereocenters. The van der Waals surface area contributed by atoms with Crippen molar-refractivity contribution >= 4 is 21.4 Å². The van der Waals surface area contributed by atoms with Crippen LogP contribution in [0.4, 0.5) is 0 Å². The first-order chi connectivity index (χ1) is 10.8. The molecule has 122 valence electrons. The van der Waals surface area contributed by atoms with Crippen LogP contribution in [0.5, 0.6) is 0 Å². The van der Waals surface area contributed by atoms with Crippen LogP contribution in [0, 0.1) is 6.92 Å². The van der Waals surface area contributed by atoms with Crippen LogP contribution in [-0.2, 0) is 9.84 Å². The van der Waals surface area contributed by atoms with Gasteiger partial charge in [0.05, 0.1) is 15.7 Å². The monoisotopic (exact) mass is 350 g/mol. The van der Waals surface area contributed by atoms with Crippen molar-refractivity contribution in [3.63, 3.8) is 0 Å². The molecule has 0 aliphatic heterocycles. The number of sulfone groups is 1. The maximum Gasteiger partial charge on any atom is 0.183 e. The molecular weight excluding hydrogens is 332 g/mol. The van der Waals surface area contributed by atoms with Crippen molar-refractivity contribution in [2.75, 3.05) is 6.54 Å². The highest BCUT2D eigenvalue weighted by Crippen LogP contribution is 2.55. The van der Waals surface area contributed by atoms with Crippen molar-refractivity contribution in [2.24, 2.45) is 11.5 Å². The number of nitrogens with two attached hydrogens (primary N) is 2. The molecule has 0 saturated heterocycles. The fraction of sp³-hybridized carbons (Fsp3) is 0.294. The van der Waals surface area contributed by atoms with E-state index in [9.17, 15) is 8.42 Å². The van der Waals surface area contributed by atoms with Gasteiger partial charge in [-0.2, -0.15) is 0 Å². The third kappa shape index (κ3) is 2.68. The summed E-state index contributed by atoms with van der Waals surface area (Å²) in [4.78, 5) is 0.279. The average Bonchev–Trinajstić information content (AvgIpc) is 3.15. The molecule has 3 atom stereocenters. The Morgan fingerprint density at radius 3 is 2.39 bits per heavy atom. The first-order valence-electron chi connectivity index (χ1n) is 7.35. The molecule has 3 rings (SSSR count). The van der Waals surface area contributed by atoms with Gasteiger partial charge >= 0.3 is 0 Å². The fourth-order valence-electron chi connectivity index (χ4n) is 3.19. The van der Waals surface area contributed by atoms with E-state index in [0.29, 0.717) is 5.02 Å². The lowest BCUT2D eigenvalue weighted by atomic mass is 10.1. The summed E-state index contributed by atoms with van der Waals surface area (Å²) < 4.78 is 26.0. The lowest BCUT2D eigenvalue weighted by molar-refractivity contribution is 0.586. The third-order valence-corrected chi connectivity index (χ3v) is 7.09. The van der Waals surface area contributed by atoms with Crippen LogP contribution < -0.4 is 11.5 Å². The van der Waals surface area contributed by atoms with E-state index in [0.717, 1.165) is 11.1 Å². The molecule has 0 amide bonds. The van der Waals surface area contributed by atoms with Crippen LogP contribution in [0.15, 0.2) is 53.4 Å². The molecule has 0 bridgehead atoms. The molecule has 2 aromatic carbocycles. The van der Waals surface area contributed by atoms with Gasteiger partial charge in [-0.3, -0.25) is 0 Å². The second-order valence-corrected chi connectivity index (χ2v) is 8.63. The highest BCUT2D eigenvalue weighted by molar-refractivity contribution is 7.92. The summed E-state index contributed by atoms with van der Waals surface area (Å²) in [7, 11) is -3.56. The number of hydrogen-bond donors (Lipinski definition) is 2. The van der Waals surface area contributed by atoms with Gasteiger partial charge in [-0.25, -0.2) is 8.42 Å². The SMILES string of the molecule is Cc1ccc(S(=O)(=O)[C@@H]2[C@@H](c3cccc(Cl)c3)[C@@]2(N)CN)cc1. The summed E-state index contributed by atoms with van der Waals surface area (Å²) in [6, 6.07) is 13.9. The van der Waals surface area contributed by atoms with Gasteiger partial charge in [0.1, 0.15) is 0 Å². The molecule has 4 N–H and O–H groups in total. The van der Waals surface area contributed by atoms with Crippen molar-refractivity contribution in [1.29, 1.82) is 0 Å². The Morgan fingerprint density at radius 2 is 1.83 bits per heavy atom. The molecule has 1 aliphatic carbocycles. The Morgan fingerprint density at radius 1 is 1.17 bits per heavy atom. The van der Waals surface area contributed by atoms with Crippen LogP contribution in [-0.4, -0.2) is 25.8 Å². The highest BCUT2D eigenvalue weighted by atomic mass is 35.5. The Kier molecular flexibility index (Phi) is 4.01. The first kappa shape index (κ1) is 16.5. The van der Waals surface area contributed by atoms with Gasteiger partial charge in [0.15, 0.2) is 9.84 Å². The predicted molar refractivity (Wildman–Crippen MR) is 92.3 cm³/mol. The zero-order valence-corrected chi connectivity index (χ0v) is 14.3. The maximum atomic E-state index is 13.0. The topological polar surface area (TPSA) is 86.2 Å². The standard InChI is InChI=1S/C17H19ClN2O2S/c1-11-5-7-14(8-6-11)23(21,22)16-15(17(16,20)10-19)12-3-2-4-13(18)9-12/h2-9,15-16H,10,19-20H2,1H3/t15-,16-,17+/m1/s1. The fourth-order valence-corrected chi connectivity index (χ4v) is 5.71. The van der Waals surface area contributed by atoms with Gasteiger partial charge in [0.2, 0.25) is 0 Å². The van der Waals surface area contributed by atoms with Crippen molar-refractivity contribution in [2.45, 2.75) is 28.5 Å². The van der Waals surface area contributed by atoms with E-state index >= 15 is 0 Å². The van der Waals surface area contributed by atoms with Crippen LogP contribution in [0.3, 0.4) is 0 Å². The van der Waals surface area contributed by atoms with Crippen molar-refractivity contribution in [3.05, 3.63) is 64.7 Å². The minimum atomic E-state index is -3.56. The molecule has 0 heterocycles. The second kappa shape index (κ2) is 5.60. The minimum Gasteiger partial charge on any atom is -0.329 e. The summed E-state index contributed by atoms with van der Waals surface area (Å²) >= 11 is 6.03.